The first-order valence-electron chi connectivity index (χ1n) is 11.7. The van der Waals surface area contributed by atoms with Crippen LogP contribution in [0.15, 0.2) is 36.4 Å². The molecule has 5 rings (SSSR count). The minimum atomic E-state index is -0.525. The second-order valence-electron chi connectivity index (χ2n) is 9.20. The van der Waals surface area contributed by atoms with Crippen molar-refractivity contribution in [1.29, 1.82) is 0 Å². The first kappa shape index (κ1) is 23.0. The molecule has 0 aromatic heterocycles. The van der Waals surface area contributed by atoms with Crippen LogP contribution in [0, 0.1) is 5.82 Å². The summed E-state index contributed by atoms with van der Waals surface area (Å²) in [6, 6.07) is 11.1. The molecule has 8 heteroatoms. The van der Waals surface area contributed by atoms with Crippen LogP contribution in [0.1, 0.15) is 59.5 Å². The lowest BCUT2D eigenvalue weighted by atomic mass is 10.0. The van der Waals surface area contributed by atoms with Crippen LogP contribution in [0.5, 0.6) is 5.75 Å². The smallest absolute Gasteiger partial charge is 0.265 e. The maximum absolute atomic E-state index is 15.0. The van der Waals surface area contributed by atoms with Gasteiger partial charge in [0.2, 0.25) is 0 Å². The normalized spacial score (nSPS) is 21.5. The van der Waals surface area contributed by atoms with Crippen molar-refractivity contribution in [2.45, 2.75) is 50.7 Å². The number of rotatable bonds is 8. The van der Waals surface area contributed by atoms with E-state index in [1.165, 1.54) is 23.8 Å². The number of ether oxygens (including phenoxy) is 1. The van der Waals surface area contributed by atoms with Crippen molar-refractivity contribution in [2.24, 2.45) is 0 Å². The third-order valence-corrected chi connectivity index (χ3v) is 7.63. The summed E-state index contributed by atoms with van der Waals surface area (Å²) < 4.78 is 26.1. The van der Waals surface area contributed by atoms with Crippen molar-refractivity contribution in [3.05, 3.63) is 63.9 Å². The van der Waals surface area contributed by atoms with E-state index in [0.717, 1.165) is 75.4 Å². The molecule has 2 aromatic carbocycles. The van der Waals surface area contributed by atoms with E-state index < -0.39 is 5.82 Å². The van der Waals surface area contributed by atoms with Gasteiger partial charge in [-0.1, -0.05) is 23.7 Å². The number of nitrogens with one attached hydrogen (secondary N) is 1. The van der Waals surface area contributed by atoms with Gasteiger partial charge in [-0.05, 0) is 73.9 Å². The van der Waals surface area contributed by atoms with Crippen molar-refractivity contribution < 1.29 is 13.9 Å². The standard InChI is InChI=1S/C25H29ClFN3O2S/c26-19-5-1-4-17(12-19)15-29-9-2-6-20(16-29)32-24-14-23(27)22(13-21(24)18-7-8-18)25(31)28-33-30-10-3-11-30/h1,4-5,12-14,18,20H,2-3,6-11,15-16H2,(H,28,31). The molecule has 33 heavy (non-hydrogen) atoms. The quantitative estimate of drug-likeness (QED) is 0.503. The topological polar surface area (TPSA) is 44.8 Å². The molecule has 3 aliphatic rings. The molecule has 0 bridgehead atoms. The predicted octanol–water partition coefficient (Wildman–Crippen LogP) is 5.40. The minimum absolute atomic E-state index is 0.00326. The summed E-state index contributed by atoms with van der Waals surface area (Å²) in [7, 11) is 0. The third kappa shape index (κ3) is 5.83. The van der Waals surface area contributed by atoms with E-state index in [9.17, 15) is 9.18 Å². The van der Waals surface area contributed by atoms with Crippen molar-refractivity contribution in [3.8, 4) is 5.75 Å². The Morgan fingerprint density at radius 2 is 2.00 bits per heavy atom. The summed E-state index contributed by atoms with van der Waals surface area (Å²) in [6.07, 6.45) is 5.20. The number of hydrogen-bond acceptors (Lipinski definition) is 5. The SMILES string of the molecule is O=C(NSN1CCC1)c1cc(C2CC2)c(OC2CCCN(Cc3cccc(Cl)c3)C2)cc1F. The number of amides is 1. The molecule has 1 aliphatic carbocycles. The van der Waals surface area contributed by atoms with E-state index in [2.05, 4.69) is 15.7 Å². The van der Waals surface area contributed by atoms with Crippen molar-refractivity contribution in [1.82, 2.24) is 13.9 Å². The fourth-order valence-electron chi connectivity index (χ4n) is 4.43. The lowest BCUT2D eigenvalue weighted by molar-refractivity contribution is 0.0832. The number of benzene rings is 2. The Kier molecular flexibility index (Phi) is 7.11. The molecule has 176 valence electrons. The molecular formula is C25H29ClFN3O2S. The Balaban J connectivity index is 1.26. The average molecular weight is 490 g/mol. The Labute approximate surface area is 203 Å². The zero-order valence-corrected chi connectivity index (χ0v) is 20.1. The fraction of sp³-hybridized carbons (Fsp3) is 0.480. The molecule has 0 spiro atoms. The second kappa shape index (κ2) is 10.2. The Hall–Kier alpha value is -1.80. The fourth-order valence-corrected chi connectivity index (χ4v) is 5.40. The number of hydrogen-bond donors (Lipinski definition) is 1. The number of nitrogens with zero attached hydrogens (tertiary/aromatic N) is 2. The van der Waals surface area contributed by atoms with E-state index in [1.807, 2.05) is 22.5 Å². The molecule has 5 nitrogen and oxygen atoms in total. The van der Waals surface area contributed by atoms with Crippen LogP contribution >= 0.6 is 23.7 Å². The maximum atomic E-state index is 15.0. The summed E-state index contributed by atoms with van der Waals surface area (Å²) in [4.78, 5) is 15.0. The molecule has 3 fully saturated rings. The van der Waals surface area contributed by atoms with Gasteiger partial charge in [0.1, 0.15) is 17.7 Å². The monoisotopic (exact) mass is 489 g/mol. The van der Waals surface area contributed by atoms with Gasteiger partial charge >= 0.3 is 0 Å². The number of carbonyl (C=O) groups excluding carboxylic acids is 1. The van der Waals surface area contributed by atoms with Gasteiger partial charge in [-0.25, -0.2) is 8.70 Å². The second-order valence-corrected chi connectivity index (χ2v) is 10.5. The molecule has 1 atom stereocenters. The summed E-state index contributed by atoms with van der Waals surface area (Å²) in [5, 5.41) is 0.745. The molecule has 1 unspecified atom stereocenters. The van der Waals surface area contributed by atoms with Crippen molar-refractivity contribution in [2.75, 3.05) is 26.2 Å². The van der Waals surface area contributed by atoms with E-state index in [4.69, 9.17) is 16.3 Å². The molecular weight excluding hydrogens is 461 g/mol. The zero-order valence-electron chi connectivity index (χ0n) is 18.6. The van der Waals surface area contributed by atoms with Gasteiger partial charge in [0.05, 0.1) is 5.56 Å². The van der Waals surface area contributed by atoms with Gasteiger partial charge in [0.25, 0.3) is 5.91 Å². The summed E-state index contributed by atoms with van der Waals surface area (Å²) in [5.41, 5.74) is 2.24. The van der Waals surface area contributed by atoms with E-state index in [-0.39, 0.29) is 17.6 Å². The molecule has 2 aromatic rings. The first-order chi connectivity index (χ1) is 16.0. The van der Waals surface area contributed by atoms with Gasteiger partial charge in [-0.2, -0.15) is 0 Å². The van der Waals surface area contributed by atoms with Gasteiger partial charge in [0.15, 0.2) is 0 Å². The number of halogens is 2. The van der Waals surface area contributed by atoms with Crippen LogP contribution in [0.25, 0.3) is 0 Å². The highest BCUT2D eigenvalue weighted by Crippen LogP contribution is 2.45. The molecule has 2 saturated heterocycles. The maximum Gasteiger partial charge on any atom is 0.265 e. The highest BCUT2D eigenvalue weighted by Gasteiger charge is 2.31. The molecule has 2 aliphatic heterocycles. The molecule has 2 heterocycles. The summed E-state index contributed by atoms with van der Waals surface area (Å²) >= 11 is 7.40. The summed E-state index contributed by atoms with van der Waals surface area (Å²) in [6.45, 7) is 4.50. The lowest BCUT2D eigenvalue weighted by Crippen LogP contribution is -2.40. The van der Waals surface area contributed by atoms with E-state index >= 15 is 0 Å². The van der Waals surface area contributed by atoms with Crippen LogP contribution < -0.4 is 9.46 Å². The van der Waals surface area contributed by atoms with Crippen LogP contribution in [-0.2, 0) is 6.54 Å². The van der Waals surface area contributed by atoms with E-state index in [0.29, 0.717) is 11.7 Å². The van der Waals surface area contributed by atoms with Gasteiger partial charge in [0, 0.05) is 49.4 Å². The Bertz CT molecular complexity index is 1020. The molecule has 1 amide bonds. The lowest BCUT2D eigenvalue weighted by Gasteiger charge is -2.33. The number of carbonyl (C=O) groups is 1. The zero-order chi connectivity index (χ0) is 22.8. The van der Waals surface area contributed by atoms with E-state index in [1.54, 1.807) is 6.07 Å². The third-order valence-electron chi connectivity index (χ3n) is 6.49. The van der Waals surface area contributed by atoms with Crippen molar-refractivity contribution in [3.63, 3.8) is 0 Å². The Morgan fingerprint density at radius 3 is 2.73 bits per heavy atom. The molecule has 1 N–H and O–H groups in total. The number of piperidine rings is 1. The highest BCUT2D eigenvalue weighted by molar-refractivity contribution is 7.95. The Morgan fingerprint density at radius 1 is 1.15 bits per heavy atom. The first-order valence-corrected chi connectivity index (χ1v) is 12.9. The number of likely N-dealkylation sites (tertiary alicyclic amines) is 1. The van der Waals surface area contributed by atoms with Gasteiger partial charge in [-0.3, -0.25) is 14.4 Å². The van der Waals surface area contributed by atoms with Crippen LogP contribution in [-0.4, -0.2) is 47.4 Å². The van der Waals surface area contributed by atoms with Crippen LogP contribution in [0.3, 0.4) is 0 Å². The summed E-state index contributed by atoms with van der Waals surface area (Å²) in [5.74, 6) is 0.0313. The molecule has 0 radical (unpaired) electrons. The highest BCUT2D eigenvalue weighted by atomic mass is 35.5. The van der Waals surface area contributed by atoms with Gasteiger partial charge in [-0.15, -0.1) is 0 Å². The minimum Gasteiger partial charge on any atom is -0.489 e. The average Bonchev–Trinajstić information content (AvgIpc) is 3.58. The largest absolute Gasteiger partial charge is 0.489 e. The predicted molar refractivity (Wildman–Crippen MR) is 130 cm³/mol. The molecule has 1 saturated carbocycles. The van der Waals surface area contributed by atoms with Crippen LogP contribution in [0.2, 0.25) is 5.02 Å². The van der Waals surface area contributed by atoms with Gasteiger partial charge < -0.3 is 4.74 Å². The van der Waals surface area contributed by atoms with Crippen LogP contribution in [0.4, 0.5) is 4.39 Å². The van der Waals surface area contributed by atoms with Crippen molar-refractivity contribution >= 4 is 29.6 Å².